The predicted octanol–water partition coefficient (Wildman–Crippen LogP) is 4.06. The van der Waals surface area contributed by atoms with E-state index in [2.05, 4.69) is 15.5 Å². The Balaban J connectivity index is 1.13. The van der Waals surface area contributed by atoms with Crippen LogP contribution in [0.4, 0.5) is 0 Å². The molecule has 2 aromatic heterocycles. The molecule has 0 atom stereocenters. The van der Waals surface area contributed by atoms with Gasteiger partial charge in [0.15, 0.2) is 0 Å². The summed E-state index contributed by atoms with van der Waals surface area (Å²) in [5, 5.41) is 9.21. The van der Waals surface area contributed by atoms with Crippen molar-refractivity contribution >= 4 is 17.2 Å². The predicted molar refractivity (Wildman–Crippen MR) is 99.5 cm³/mol. The smallest absolute Gasteiger partial charge is 0.227 e. The highest BCUT2D eigenvalue weighted by molar-refractivity contribution is 7.13. The van der Waals surface area contributed by atoms with Crippen LogP contribution < -0.4 is 5.32 Å². The molecule has 0 radical (unpaired) electrons. The van der Waals surface area contributed by atoms with Crippen LogP contribution in [0.15, 0.2) is 22.0 Å². The number of thiophene rings is 1. The normalized spacial score (nSPS) is 32.1. The van der Waals surface area contributed by atoms with Gasteiger partial charge in [-0.3, -0.25) is 4.79 Å². The standard InChI is InChI=1S/C20H25N3O2S/c24-17(3-4-18-22-19(23-25-18)16-2-1-5-26-16)21-12-20-9-13-6-14(10-20)8-15(7-13)11-20/h1-2,5,13-15H,3-4,6-12H2,(H,21,24). The number of aromatic nitrogens is 2. The molecule has 4 fully saturated rings. The van der Waals surface area contributed by atoms with Gasteiger partial charge in [0.05, 0.1) is 4.88 Å². The van der Waals surface area contributed by atoms with Gasteiger partial charge in [-0.1, -0.05) is 11.2 Å². The number of amides is 1. The van der Waals surface area contributed by atoms with Gasteiger partial charge in [0, 0.05) is 19.4 Å². The third kappa shape index (κ3) is 3.20. The fourth-order valence-corrected chi connectivity index (χ4v) is 6.61. The van der Waals surface area contributed by atoms with E-state index < -0.39 is 0 Å². The van der Waals surface area contributed by atoms with Crippen LogP contribution in [-0.4, -0.2) is 22.6 Å². The number of rotatable bonds is 6. The average molecular weight is 372 g/mol. The first-order valence-corrected chi connectivity index (χ1v) is 10.7. The molecule has 0 aliphatic heterocycles. The molecule has 4 bridgehead atoms. The quantitative estimate of drug-likeness (QED) is 0.831. The summed E-state index contributed by atoms with van der Waals surface area (Å²) in [5.41, 5.74) is 0.390. The third-order valence-electron chi connectivity index (χ3n) is 6.60. The van der Waals surface area contributed by atoms with Crippen molar-refractivity contribution in [1.29, 1.82) is 0 Å². The van der Waals surface area contributed by atoms with Gasteiger partial charge in [-0.2, -0.15) is 4.98 Å². The van der Waals surface area contributed by atoms with Crippen molar-refractivity contribution in [3.63, 3.8) is 0 Å². The van der Waals surface area contributed by atoms with E-state index in [1.165, 1.54) is 38.5 Å². The summed E-state index contributed by atoms with van der Waals surface area (Å²) in [6, 6.07) is 3.94. The maximum atomic E-state index is 12.3. The van der Waals surface area contributed by atoms with Gasteiger partial charge in [0.2, 0.25) is 17.6 Å². The Morgan fingerprint density at radius 3 is 2.62 bits per heavy atom. The zero-order valence-electron chi connectivity index (χ0n) is 14.9. The van der Waals surface area contributed by atoms with Gasteiger partial charge >= 0.3 is 0 Å². The van der Waals surface area contributed by atoms with Gasteiger partial charge < -0.3 is 9.84 Å². The molecule has 1 amide bonds. The summed E-state index contributed by atoms with van der Waals surface area (Å²) in [4.78, 5) is 17.7. The molecule has 0 aromatic carbocycles. The van der Waals surface area contributed by atoms with Crippen LogP contribution in [0.3, 0.4) is 0 Å². The highest BCUT2D eigenvalue weighted by Crippen LogP contribution is 2.59. The molecular weight excluding hydrogens is 346 g/mol. The summed E-state index contributed by atoms with van der Waals surface area (Å²) in [5.74, 6) is 4.03. The molecule has 0 spiro atoms. The number of aryl methyl sites for hydroxylation is 1. The van der Waals surface area contributed by atoms with Gasteiger partial charge in [0.25, 0.3) is 0 Å². The third-order valence-corrected chi connectivity index (χ3v) is 7.47. The molecular formula is C20H25N3O2S. The topological polar surface area (TPSA) is 68.0 Å². The minimum Gasteiger partial charge on any atom is -0.356 e. The Morgan fingerprint density at radius 2 is 1.96 bits per heavy atom. The zero-order chi connectivity index (χ0) is 17.6. The van der Waals surface area contributed by atoms with Crippen LogP contribution in [0.25, 0.3) is 10.7 Å². The first-order valence-electron chi connectivity index (χ1n) is 9.81. The fourth-order valence-electron chi connectivity index (χ4n) is 5.96. The van der Waals surface area contributed by atoms with Crippen LogP contribution in [0.2, 0.25) is 0 Å². The SMILES string of the molecule is O=C(CCc1nc(-c2cccs2)no1)NCC12CC3CC(CC(C3)C1)C2. The molecule has 4 aliphatic carbocycles. The van der Waals surface area contributed by atoms with Crippen molar-refractivity contribution < 1.29 is 9.32 Å². The minimum absolute atomic E-state index is 0.108. The van der Waals surface area contributed by atoms with E-state index in [4.69, 9.17) is 4.52 Å². The maximum Gasteiger partial charge on any atom is 0.227 e. The number of nitrogens with zero attached hydrogens (tertiary/aromatic N) is 2. The van der Waals surface area contributed by atoms with Crippen LogP contribution in [0, 0.1) is 23.2 Å². The van der Waals surface area contributed by atoms with E-state index in [9.17, 15) is 4.79 Å². The number of nitrogens with one attached hydrogen (secondary N) is 1. The van der Waals surface area contributed by atoms with Crippen molar-refractivity contribution in [3.8, 4) is 10.7 Å². The molecule has 1 N–H and O–H groups in total. The molecule has 2 aromatic rings. The van der Waals surface area contributed by atoms with Crippen molar-refractivity contribution in [2.24, 2.45) is 23.2 Å². The highest BCUT2D eigenvalue weighted by atomic mass is 32.1. The van der Waals surface area contributed by atoms with E-state index in [0.717, 1.165) is 29.2 Å². The second-order valence-electron chi connectivity index (χ2n) is 8.68. The Bertz CT molecular complexity index is 748. The van der Waals surface area contributed by atoms with Crippen molar-refractivity contribution in [1.82, 2.24) is 15.5 Å². The summed E-state index contributed by atoms with van der Waals surface area (Å²) in [7, 11) is 0. The average Bonchev–Trinajstić information content (AvgIpc) is 3.28. The van der Waals surface area contributed by atoms with Gasteiger partial charge in [-0.05, 0) is 73.1 Å². The molecule has 26 heavy (non-hydrogen) atoms. The molecule has 4 saturated carbocycles. The largest absolute Gasteiger partial charge is 0.356 e. The summed E-state index contributed by atoms with van der Waals surface area (Å²) < 4.78 is 5.28. The second-order valence-corrected chi connectivity index (χ2v) is 9.63. The van der Waals surface area contributed by atoms with Gasteiger partial charge in [-0.25, -0.2) is 0 Å². The summed E-state index contributed by atoms with van der Waals surface area (Å²) in [6.07, 6.45) is 9.22. The molecule has 0 saturated heterocycles. The number of hydrogen-bond donors (Lipinski definition) is 1. The molecule has 4 aliphatic rings. The molecule has 138 valence electrons. The number of hydrogen-bond acceptors (Lipinski definition) is 5. The van der Waals surface area contributed by atoms with Crippen LogP contribution >= 0.6 is 11.3 Å². The number of carbonyl (C=O) groups is 1. The lowest BCUT2D eigenvalue weighted by molar-refractivity contribution is -0.123. The lowest BCUT2D eigenvalue weighted by atomic mass is 9.49. The first kappa shape index (κ1) is 16.5. The molecule has 2 heterocycles. The summed E-state index contributed by atoms with van der Waals surface area (Å²) in [6.45, 7) is 0.861. The second kappa shape index (κ2) is 6.48. The van der Waals surface area contributed by atoms with Crippen LogP contribution in [-0.2, 0) is 11.2 Å². The van der Waals surface area contributed by atoms with Crippen molar-refractivity contribution in [2.45, 2.75) is 51.4 Å². The van der Waals surface area contributed by atoms with E-state index in [0.29, 0.717) is 30.0 Å². The van der Waals surface area contributed by atoms with E-state index in [-0.39, 0.29) is 5.91 Å². The van der Waals surface area contributed by atoms with Crippen LogP contribution in [0.5, 0.6) is 0 Å². The lowest BCUT2D eigenvalue weighted by Crippen LogP contribution is -2.51. The Kier molecular flexibility index (Phi) is 4.11. The lowest BCUT2D eigenvalue weighted by Gasteiger charge is -2.56. The zero-order valence-corrected chi connectivity index (χ0v) is 15.8. The Labute approximate surface area is 157 Å². The van der Waals surface area contributed by atoms with E-state index in [1.54, 1.807) is 11.3 Å². The van der Waals surface area contributed by atoms with E-state index >= 15 is 0 Å². The highest BCUT2D eigenvalue weighted by Gasteiger charge is 2.50. The molecule has 6 rings (SSSR count). The minimum atomic E-state index is 0.108. The van der Waals surface area contributed by atoms with Crippen LogP contribution in [0.1, 0.15) is 50.8 Å². The molecule has 5 nitrogen and oxygen atoms in total. The number of carbonyl (C=O) groups excluding carboxylic acids is 1. The molecule has 6 heteroatoms. The maximum absolute atomic E-state index is 12.3. The Morgan fingerprint density at radius 1 is 1.23 bits per heavy atom. The molecule has 0 unspecified atom stereocenters. The van der Waals surface area contributed by atoms with Gasteiger partial charge in [-0.15, -0.1) is 11.3 Å². The Hall–Kier alpha value is -1.69. The first-order chi connectivity index (χ1) is 12.7. The fraction of sp³-hybridized carbons (Fsp3) is 0.650. The van der Waals surface area contributed by atoms with Crippen molar-refractivity contribution in [2.75, 3.05) is 6.54 Å². The summed E-state index contributed by atoms with van der Waals surface area (Å²) >= 11 is 1.58. The van der Waals surface area contributed by atoms with Gasteiger partial charge in [0.1, 0.15) is 0 Å². The van der Waals surface area contributed by atoms with E-state index in [1.807, 2.05) is 17.5 Å². The monoisotopic (exact) mass is 371 g/mol. The van der Waals surface area contributed by atoms with Crippen molar-refractivity contribution in [3.05, 3.63) is 23.4 Å².